The number of hydrogen-bond acceptors (Lipinski definition) is 5. The summed E-state index contributed by atoms with van der Waals surface area (Å²) in [4.78, 5) is 26.9. The molecule has 8 nitrogen and oxygen atoms in total. The van der Waals surface area contributed by atoms with Crippen molar-refractivity contribution in [1.82, 2.24) is 5.43 Å². The van der Waals surface area contributed by atoms with Gasteiger partial charge in [-0.05, 0) is 13.3 Å². The van der Waals surface area contributed by atoms with Crippen molar-refractivity contribution in [2.75, 3.05) is 6.61 Å². The molecule has 16 heavy (non-hydrogen) atoms. The smallest absolute Gasteiger partial charge is 0.344 e. The van der Waals surface area contributed by atoms with E-state index in [-0.39, 0.29) is 13.0 Å². The lowest BCUT2D eigenvalue weighted by Crippen LogP contribution is -2.55. The van der Waals surface area contributed by atoms with Crippen LogP contribution in [0, 0.1) is 0 Å². The summed E-state index contributed by atoms with van der Waals surface area (Å²) in [5.41, 5.74) is 10.4. The summed E-state index contributed by atoms with van der Waals surface area (Å²) >= 11 is 0. The van der Waals surface area contributed by atoms with Gasteiger partial charge in [-0.1, -0.05) is 6.92 Å². The average Bonchev–Trinajstić information content (AvgIpc) is 2.24. The molecule has 0 aromatic rings. The van der Waals surface area contributed by atoms with Gasteiger partial charge in [0.2, 0.25) is 5.54 Å². The molecule has 7 N–H and O–H groups in total. The molecule has 0 heterocycles. The summed E-state index contributed by atoms with van der Waals surface area (Å²) in [6, 6.07) is 0. The van der Waals surface area contributed by atoms with Gasteiger partial charge in [-0.3, -0.25) is 10.2 Å². The largest absolute Gasteiger partial charge is 0.464 e. The van der Waals surface area contributed by atoms with Gasteiger partial charge in [0.05, 0.1) is 6.61 Å². The SMILES string of the molecule is CCOC(=O)C(CC)(N=C(N)N)C(=O)NN. The predicted molar refractivity (Wildman–Crippen MR) is 57.8 cm³/mol. The van der Waals surface area contributed by atoms with Crippen molar-refractivity contribution < 1.29 is 14.3 Å². The Bertz CT molecular complexity index is 300. The van der Waals surface area contributed by atoms with Crippen LogP contribution in [0.1, 0.15) is 20.3 Å². The number of amides is 1. The quantitative estimate of drug-likeness (QED) is 0.0815. The van der Waals surface area contributed by atoms with Crippen molar-refractivity contribution in [2.24, 2.45) is 22.3 Å². The van der Waals surface area contributed by atoms with Crippen LogP contribution in [0.25, 0.3) is 0 Å². The zero-order chi connectivity index (χ0) is 12.8. The van der Waals surface area contributed by atoms with Gasteiger partial charge >= 0.3 is 5.97 Å². The summed E-state index contributed by atoms with van der Waals surface area (Å²) in [6.07, 6.45) is 0.0345. The van der Waals surface area contributed by atoms with Gasteiger partial charge in [0.15, 0.2) is 5.96 Å². The third kappa shape index (κ3) is 2.83. The average molecular weight is 231 g/mol. The maximum atomic E-state index is 11.7. The van der Waals surface area contributed by atoms with E-state index in [0.29, 0.717) is 0 Å². The first-order chi connectivity index (χ1) is 7.44. The van der Waals surface area contributed by atoms with E-state index in [9.17, 15) is 9.59 Å². The van der Waals surface area contributed by atoms with Gasteiger partial charge in [0.1, 0.15) is 0 Å². The molecule has 0 bridgehead atoms. The number of nitrogens with zero attached hydrogens (tertiary/aromatic N) is 1. The number of guanidine groups is 1. The first-order valence-corrected chi connectivity index (χ1v) is 4.73. The molecule has 0 rings (SSSR count). The minimum absolute atomic E-state index is 0.0345. The van der Waals surface area contributed by atoms with E-state index in [1.807, 2.05) is 5.43 Å². The van der Waals surface area contributed by atoms with Crippen molar-refractivity contribution in [2.45, 2.75) is 25.8 Å². The van der Waals surface area contributed by atoms with Crippen LogP contribution in [0.15, 0.2) is 4.99 Å². The van der Waals surface area contributed by atoms with Gasteiger partial charge < -0.3 is 16.2 Å². The molecule has 0 aliphatic heterocycles. The third-order valence-electron chi connectivity index (χ3n) is 1.95. The fourth-order valence-electron chi connectivity index (χ4n) is 1.16. The van der Waals surface area contributed by atoms with E-state index in [1.165, 1.54) is 0 Å². The second-order valence-electron chi connectivity index (χ2n) is 2.94. The third-order valence-corrected chi connectivity index (χ3v) is 1.95. The maximum Gasteiger partial charge on any atom is 0.344 e. The molecule has 8 heteroatoms. The molecule has 1 amide bonds. The number of nitrogens with two attached hydrogens (primary N) is 3. The van der Waals surface area contributed by atoms with Gasteiger partial charge in [-0.15, -0.1) is 0 Å². The zero-order valence-corrected chi connectivity index (χ0v) is 9.32. The standard InChI is InChI=1S/C8H17N5O3/c1-3-8(5(14)13-11,12-7(9)10)6(15)16-4-2/h3-4,11H2,1-2H3,(H,13,14)(H4,9,10,12). The van der Waals surface area contributed by atoms with E-state index >= 15 is 0 Å². The van der Waals surface area contributed by atoms with E-state index in [1.54, 1.807) is 13.8 Å². The van der Waals surface area contributed by atoms with Crippen LogP contribution in [-0.2, 0) is 14.3 Å². The molecule has 0 saturated heterocycles. The second-order valence-corrected chi connectivity index (χ2v) is 2.94. The Labute approximate surface area is 93.2 Å². The van der Waals surface area contributed by atoms with Gasteiger partial charge in [0, 0.05) is 0 Å². The predicted octanol–water partition coefficient (Wildman–Crippen LogP) is -2.04. The lowest BCUT2D eigenvalue weighted by molar-refractivity contribution is -0.154. The lowest BCUT2D eigenvalue weighted by Gasteiger charge is -2.23. The lowest BCUT2D eigenvalue weighted by atomic mass is 9.96. The molecular weight excluding hydrogens is 214 g/mol. The first-order valence-electron chi connectivity index (χ1n) is 4.73. The van der Waals surface area contributed by atoms with E-state index < -0.39 is 23.4 Å². The summed E-state index contributed by atoms with van der Waals surface area (Å²) in [7, 11) is 0. The van der Waals surface area contributed by atoms with Crippen LogP contribution in [0.3, 0.4) is 0 Å². The topological polar surface area (TPSA) is 146 Å². The number of rotatable bonds is 5. The van der Waals surface area contributed by atoms with E-state index in [0.717, 1.165) is 0 Å². The number of ether oxygens (including phenoxy) is 1. The summed E-state index contributed by atoms with van der Waals surface area (Å²) in [6.45, 7) is 3.28. The normalized spacial score (nSPS) is 13.4. The number of hydrogen-bond donors (Lipinski definition) is 4. The molecule has 0 spiro atoms. The van der Waals surface area contributed by atoms with Crippen LogP contribution >= 0.6 is 0 Å². The zero-order valence-electron chi connectivity index (χ0n) is 9.32. The first kappa shape index (κ1) is 14.2. The number of hydrazine groups is 1. The fourth-order valence-corrected chi connectivity index (χ4v) is 1.16. The van der Waals surface area contributed by atoms with Crippen molar-refractivity contribution in [3.63, 3.8) is 0 Å². The van der Waals surface area contributed by atoms with E-state index in [4.69, 9.17) is 22.0 Å². The van der Waals surface area contributed by atoms with Crippen LogP contribution in [-0.4, -0.2) is 30.0 Å². The van der Waals surface area contributed by atoms with Crippen molar-refractivity contribution >= 4 is 17.8 Å². The second kappa shape index (κ2) is 5.91. The minimum Gasteiger partial charge on any atom is -0.464 e. The molecule has 92 valence electrons. The Hall–Kier alpha value is -1.83. The monoisotopic (exact) mass is 231 g/mol. The summed E-state index contributed by atoms with van der Waals surface area (Å²) < 4.78 is 4.75. The minimum atomic E-state index is -1.82. The highest BCUT2D eigenvalue weighted by Gasteiger charge is 2.46. The van der Waals surface area contributed by atoms with E-state index in [2.05, 4.69) is 4.99 Å². The van der Waals surface area contributed by atoms with Crippen LogP contribution in [0.4, 0.5) is 0 Å². The highest BCUT2D eigenvalue weighted by atomic mass is 16.5. The Morgan fingerprint density at radius 3 is 2.25 bits per heavy atom. The molecule has 0 aliphatic rings. The number of aliphatic imine (C=N–C) groups is 1. The summed E-state index contributed by atoms with van der Waals surface area (Å²) in [5, 5.41) is 0. The van der Waals surface area contributed by atoms with Gasteiger partial charge in [0.25, 0.3) is 5.91 Å². The molecular formula is C8H17N5O3. The van der Waals surface area contributed by atoms with Crippen LogP contribution in [0.2, 0.25) is 0 Å². The fraction of sp³-hybridized carbons (Fsp3) is 0.625. The molecule has 1 atom stereocenters. The Morgan fingerprint density at radius 2 is 1.94 bits per heavy atom. The van der Waals surface area contributed by atoms with Crippen molar-refractivity contribution in [3.05, 3.63) is 0 Å². The summed E-state index contributed by atoms with van der Waals surface area (Å²) in [5.74, 6) is 2.94. The number of esters is 1. The number of nitrogens with one attached hydrogen (secondary N) is 1. The molecule has 0 fully saturated rings. The molecule has 1 unspecified atom stereocenters. The number of carbonyl (C=O) groups is 2. The number of carbonyl (C=O) groups excluding carboxylic acids is 2. The molecule has 0 saturated carbocycles. The Morgan fingerprint density at radius 1 is 1.38 bits per heavy atom. The van der Waals surface area contributed by atoms with Gasteiger partial charge in [-0.25, -0.2) is 15.6 Å². The highest BCUT2D eigenvalue weighted by molar-refractivity contribution is 6.09. The van der Waals surface area contributed by atoms with Crippen LogP contribution in [0.5, 0.6) is 0 Å². The van der Waals surface area contributed by atoms with Crippen molar-refractivity contribution in [1.29, 1.82) is 0 Å². The van der Waals surface area contributed by atoms with Gasteiger partial charge in [-0.2, -0.15) is 0 Å². The molecule has 0 aromatic heterocycles. The molecule has 0 aromatic carbocycles. The van der Waals surface area contributed by atoms with Crippen LogP contribution < -0.4 is 22.7 Å². The Balaban J connectivity index is 5.36. The highest BCUT2D eigenvalue weighted by Crippen LogP contribution is 2.18. The maximum absolute atomic E-state index is 11.7. The Kier molecular flexibility index (Phi) is 5.23. The molecule has 0 aliphatic carbocycles. The van der Waals surface area contributed by atoms with Crippen molar-refractivity contribution in [3.8, 4) is 0 Å². The molecule has 0 radical (unpaired) electrons.